The van der Waals surface area contributed by atoms with Crippen LogP contribution < -0.4 is 5.73 Å². The highest BCUT2D eigenvalue weighted by molar-refractivity contribution is 5.23. The molecule has 0 spiro atoms. The van der Waals surface area contributed by atoms with Crippen molar-refractivity contribution in [1.29, 1.82) is 0 Å². The third kappa shape index (κ3) is 2.18. The molecule has 0 saturated carbocycles. The highest BCUT2D eigenvalue weighted by atomic mass is 15.3. The molecular formula is C10H15N5. The molecule has 2 heterocycles. The van der Waals surface area contributed by atoms with Gasteiger partial charge < -0.3 is 10.3 Å². The molecule has 0 fully saturated rings. The maximum Gasteiger partial charge on any atom is 0.141 e. The van der Waals surface area contributed by atoms with Gasteiger partial charge in [0.2, 0.25) is 0 Å². The smallest absolute Gasteiger partial charge is 0.141 e. The van der Waals surface area contributed by atoms with Gasteiger partial charge in [-0.15, -0.1) is 0 Å². The normalized spacial score (nSPS) is 11.1. The van der Waals surface area contributed by atoms with Crippen LogP contribution in [0.4, 0.5) is 5.82 Å². The minimum atomic E-state index is 0.395. The average molecular weight is 205 g/mol. The lowest BCUT2D eigenvalue weighted by atomic mass is 10.4. The summed E-state index contributed by atoms with van der Waals surface area (Å²) in [6.45, 7) is 4.92. The Morgan fingerprint density at radius 1 is 1.47 bits per heavy atom. The third-order valence-electron chi connectivity index (χ3n) is 2.19. The van der Waals surface area contributed by atoms with Crippen molar-refractivity contribution in [2.75, 3.05) is 5.73 Å². The van der Waals surface area contributed by atoms with Crippen molar-refractivity contribution in [2.45, 2.75) is 26.4 Å². The first-order valence-electron chi connectivity index (χ1n) is 4.96. The summed E-state index contributed by atoms with van der Waals surface area (Å²) < 4.78 is 3.86. The molecule has 2 aromatic heterocycles. The molecule has 0 aromatic carbocycles. The van der Waals surface area contributed by atoms with E-state index in [-0.39, 0.29) is 0 Å². The van der Waals surface area contributed by atoms with E-state index < -0.39 is 0 Å². The summed E-state index contributed by atoms with van der Waals surface area (Å²) in [5, 5.41) is 4.44. The van der Waals surface area contributed by atoms with E-state index in [4.69, 9.17) is 5.73 Å². The Kier molecular flexibility index (Phi) is 2.45. The van der Waals surface area contributed by atoms with E-state index >= 15 is 0 Å². The molecule has 2 aromatic rings. The number of hydrogen-bond donors (Lipinski definition) is 1. The molecule has 15 heavy (non-hydrogen) atoms. The van der Waals surface area contributed by atoms with E-state index in [9.17, 15) is 0 Å². The van der Waals surface area contributed by atoms with Crippen molar-refractivity contribution < 1.29 is 0 Å². The first-order chi connectivity index (χ1) is 7.15. The first kappa shape index (κ1) is 9.76. The van der Waals surface area contributed by atoms with Crippen LogP contribution >= 0.6 is 0 Å². The molecule has 2 N–H and O–H groups in total. The van der Waals surface area contributed by atoms with Gasteiger partial charge in [0.05, 0.1) is 18.6 Å². The van der Waals surface area contributed by atoms with Crippen LogP contribution in [0.1, 0.15) is 25.6 Å². The largest absolute Gasteiger partial charge is 0.382 e. The Hall–Kier alpha value is -1.78. The number of nitrogen functional groups attached to an aromatic ring is 1. The molecular weight excluding hydrogens is 190 g/mol. The number of imidazole rings is 1. The summed E-state index contributed by atoms with van der Waals surface area (Å²) in [6.07, 6.45) is 5.50. The van der Waals surface area contributed by atoms with Gasteiger partial charge in [-0.25, -0.2) is 4.98 Å². The molecule has 0 aliphatic rings. The van der Waals surface area contributed by atoms with E-state index in [1.165, 1.54) is 0 Å². The number of aromatic nitrogens is 4. The molecule has 2 rings (SSSR count). The van der Waals surface area contributed by atoms with Crippen LogP contribution in [-0.4, -0.2) is 19.3 Å². The van der Waals surface area contributed by atoms with Gasteiger partial charge in [-0.2, -0.15) is 5.10 Å². The van der Waals surface area contributed by atoms with Gasteiger partial charge in [0.15, 0.2) is 0 Å². The van der Waals surface area contributed by atoms with Crippen LogP contribution in [0.15, 0.2) is 24.8 Å². The second kappa shape index (κ2) is 3.76. The molecule has 5 nitrogen and oxygen atoms in total. The van der Waals surface area contributed by atoms with E-state index in [1.807, 2.05) is 21.5 Å². The van der Waals surface area contributed by atoms with Crippen molar-refractivity contribution in [1.82, 2.24) is 19.3 Å². The van der Waals surface area contributed by atoms with Crippen LogP contribution in [0, 0.1) is 0 Å². The first-order valence-corrected chi connectivity index (χ1v) is 4.96. The fraction of sp³-hybridized carbons (Fsp3) is 0.400. The Bertz CT molecular complexity index is 440. The lowest BCUT2D eigenvalue weighted by molar-refractivity contribution is 0.523. The highest BCUT2D eigenvalue weighted by Gasteiger charge is 2.02. The van der Waals surface area contributed by atoms with Crippen LogP contribution in [0.3, 0.4) is 0 Å². The van der Waals surface area contributed by atoms with E-state index in [0.717, 1.165) is 5.69 Å². The van der Waals surface area contributed by atoms with Crippen molar-refractivity contribution in [3.8, 4) is 0 Å². The van der Waals surface area contributed by atoms with Crippen molar-refractivity contribution in [3.63, 3.8) is 0 Å². The third-order valence-corrected chi connectivity index (χ3v) is 2.19. The number of nitrogens with two attached hydrogens (primary N) is 1. The van der Waals surface area contributed by atoms with Gasteiger partial charge in [-0.05, 0) is 19.9 Å². The Morgan fingerprint density at radius 2 is 2.27 bits per heavy atom. The van der Waals surface area contributed by atoms with Gasteiger partial charge in [0.1, 0.15) is 5.82 Å². The molecule has 0 unspecified atom stereocenters. The molecule has 0 bridgehead atoms. The highest BCUT2D eigenvalue weighted by Crippen LogP contribution is 2.06. The topological polar surface area (TPSA) is 61.7 Å². The number of rotatable bonds is 3. The summed E-state index contributed by atoms with van der Waals surface area (Å²) >= 11 is 0. The maximum absolute atomic E-state index is 5.53. The minimum Gasteiger partial charge on any atom is -0.382 e. The van der Waals surface area contributed by atoms with Crippen LogP contribution in [0.5, 0.6) is 0 Å². The molecule has 5 heteroatoms. The predicted octanol–water partition coefficient (Wildman–Crippen LogP) is 1.29. The van der Waals surface area contributed by atoms with Crippen molar-refractivity contribution >= 4 is 5.82 Å². The standard InChI is InChI=1S/C10H15N5/c1-8(2)15-4-3-9(13-15)5-14-6-10(11)12-7-14/h3-4,6-8H,5,11H2,1-2H3. The second-order valence-corrected chi connectivity index (χ2v) is 3.85. The predicted molar refractivity (Wildman–Crippen MR) is 58.4 cm³/mol. The maximum atomic E-state index is 5.53. The number of nitrogens with zero attached hydrogens (tertiary/aromatic N) is 4. The van der Waals surface area contributed by atoms with E-state index in [1.54, 1.807) is 12.5 Å². The molecule has 0 radical (unpaired) electrons. The Morgan fingerprint density at radius 3 is 2.80 bits per heavy atom. The monoisotopic (exact) mass is 205 g/mol. The van der Waals surface area contributed by atoms with Gasteiger partial charge in [0.25, 0.3) is 0 Å². The van der Waals surface area contributed by atoms with Gasteiger partial charge >= 0.3 is 0 Å². The van der Waals surface area contributed by atoms with Crippen LogP contribution in [-0.2, 0) is 6.54 Å². The quantitative estimate of drug-likeness (QED) is 0.821. The minimum absolute atomic E-state index is 0.395. The average Bonchev–Trinajstić information content (AvgIpc) is 2.76. The zero-order chi connectivity index (χ0) is 10.8. The summed E-state index contributed by atoms with van der Waals surface area (Å²) in [7, 11) is 0. The lowest BCUT2D eigenvalue weighted by Crippen LogP contribution is -2.03. The van der Waals surface area contributed by atoms with Crippen molar-refractivity contribution in [3.05, 3.63) is 30.5 Å². The lowest BCUT2D eigenvalue weighted by Gasteiger charge is -2.03. The number of hydrogen-bond acceptors (Lipinski definition) is 3. The van der Waals surface area contributed by atoms with Gasteiger partial charge in [-0.3, -0.25) is 4.68 Å². The van der Waals surface area contributed by atoms with Gasteiger partial charge in [-0.1, -0.05) is 0 Å². The second-order valence-electron chi connectivity index (χ2n) is 3.85. The number of anilines is 1. The molecule has 0 aliphatic carbocycles. The summed E-state index contributed by atoms with van der Waals surface area (Å²) in [5.74, 6) is 0.540. The zero-order valence-corrected chi connectivity index (χ0v) is 8.96. The molecule has 0 amide bonds. The Labute approximate surface area is 88.5 Å². The van der Waals surface area contributed by atoms with E-state index in [2.05, 4.69) is 23.9 Å². The van der Waals surface area contributed by atoms with Crippen LogP contribution in [0.2, 0.25) is 0 Å². The fourth-order valence-corrected chi connectivity index (χ4v) is 1.40. The molecule has 80 valence electrons. The summed E-state index contributed by atoms with van der Waals surface area (Å²) in [5.41, 5.74) is 6.54. The van der Waals surface area contributed by atoms with Crippen molar-refractivity contribution in [2.24, 2.45) is 0 Å². The molecule has 0 saturated heterocycles. The Balaban J connectivity index is 2.11. The molecule has 0 aliphatic heterocycles. The molecule has 0 atom stereocenters. The SMILES string of the molecule is CC(C)n1ccc(Cn2cnc(N)c2)n1. The van der Waals surface area contributed by atoms with Gasteiger partial charge in [0, 0.05) is 18.4 Å². The fourth-order valence-electron chi connectivity index (χ4n) is 1.40. The van der Waals surface area contributed by atoms with Crippen LogP contribution in [0.25, 0.3) is 0 Å². The summed E-state index contributed by atoms with van der Waals surface area (Å²) in [4.78, 5) is 3.96. The zero-order valence-electron chi connectivity index (χ0n) is 8.96. The van der Waals surface area contributed by atoms with E-state index in [0.29, 0.717) is 18.4 Å². The summed E-state index contributed by atoms with van der Waals surface area (Å²) in [6, 6.07) is 2.41.